The van der Waals surface area contributed by atoms with Crippen LogP contribution in [0.4, 0.5) is 11.4 Å². The minimum atomic E-state index is -0.184. The topological polar surface area (TPSA) is 24.7 Å². The van der Waals surface area contributed by atoms with Gasteiger partial charge in [-0.2, -0.15) is 4.58 Å². The van der Waals surface area contributed by atoms with Crippen LogP contribution in [-0.2, 0) is 20.3 Å². The Hall–Kier alpha value is -3.00. The highest BCUT2D eigenvalue weighted by Gasteiger charge is 2.45. The van der Waals surface area contributed by atoms with Crippen LogP contribution in [-0.4, -0.2) is 50.8 Å². The molecule has 0 N–H and O–H groups in total. The lowest BCUT2D eigenvalue weighted by molar-refractivity contribution is -0.438. The predicted molar refractivity (Wildman–Crippen MR) is 227 cm³/mol. The minimum absolute atomic E-state index is 0.184. The summed E-state index contributed by atoms with van der Waals surface area (Å²) in [6.45, 7) is 12.7. The highest BCUT2D eigenvalue weighted by atomic mass is 79.9. The Morgan fingerprint density at radius 3 is 2.12 bits per heavy atom. The number of rotatable bonds is 11. The van der Waals surface area contributed by atoms with E-state index in [1.807, 2.05) is 0 Å². The van der Waals surface area contributed by atoms with Gasteiger partial charge in [0.25, 0.3) is 0 Å². The van der Waals surface area contributed by atoms with E-state index in [9.17, 15) is 0 Å². The number of hydrogen-bond acceptors (Lipinski definition) is 3. The number of allylic oxidation sites excluding steroid dienone is 8. The van der Waals surface area contributed by atoms with Gasteiger partial charge in [-0.15, -0.1) is 0 Å². The van der Waals surface area contributed by atoms with E-state index in [-0.39, 0.29) is 10.8 Å². The molecule has 4 aromatic carbocycles. The third-order valence-electron chi connectivity index (χ3n) is 11.2. The van der Waals surface area contributed by atoms with Gasteiger partial charge in [-0.25, -0.2) is 0 Å². The summed E-state index contributed by atoms with van der Waals surface area (Å²) in [5.41, 5.74) is 9.93. The maximum absolute atomic E-state index is 7.25. The molecule has 1 aliphatic carbocycles. The van der Waals surface area contributed by atoms with Crippen LogP contribution >= 0.6 is 43.5 Å². The fourth-order valence-electron chi connectivity index (χ4n) is 8.71. The van der Waals surface area contributed by atoms with Crippen LogP contribution in [0.15, 0.2) is 116 Å². The first-order chi connectivity index (χ1) is 25.0. The number of methoxy groups -OCH3 is 2. The Kier molecular flexibility index (Phi) is 10.8. The van der Waals surface area contributed by atoms with Gasteiger partial charge in [0, 0.05) is 82.3 Å². The van der Waals surface area contributed by atoms with E-state index in [0.29, 0.717) is 0 Å². The average Bonchev–Trinajstić information content (AvgIpc) is 3.65. The Morgan fingerprint density at radius 2 is 1.42 bits per heavy atom. The normalized spacial score (nSPS) is 19.4. The smallest absolute Gasteiger partial charge is 0.210 e. The number of hydrogen-bond donors (Lipinski definition) is 0. The van der Waals surface area contributed by atoms with Crippen molar-refractivity contribution in [1.29, 1.82) is 0 Å². The Morgan fingerprint density at radius 1 is 0.769 bits per heavy atom. The molecule has 270 valence electrons. The van der Waals surface area contributed by atoms with Crippen molar-refractivity contribution in [3.63, 3.8) is 0 Å². The van der Waals surface area contributed by atoms with E-state index in [1.54, 1.807) is 14.2 Å². The lowest BCUT2D eigenvalue weighted by Crippen LogP contribution is -2.28. The highest BCUT2D eigenvalue weighted by molar-refractivity contribution is 9.10. The van der Waals surface area contributed by atoms with Crippen molar-refractivity contribution in [2.24, 2.45) is 0 Å². The summed E-state index contributed by atoms with van der Waals surface area (Å²) in [4.78, 5) is 2.50. The van der Waals surface area contributed by atoms with E-state index in [0.717, 1.165) is 66.0 Å². The summed E-state index contributed by atoms with van der Waals surface area (Å²) in [7, 11) is 3.56. The van der Waals surface area contributed by atoms with Crippen molar-refractivity contribution in [3.8, 4) is 0 Å². The molecule has 0 amide bonds. The van der Waals surface area contributed by atoms with Crippen molar-refractivity contribution in [3.05, 3.63) is 127 Å². The van der Waals surface area contributed by atoms with E-state index >= 15 is 0 Å². The average molecular weight is 844 g/mol. The summed E-state index contributed by atoms with van der Waals surface area (Å²) >= 11 is 14.6. The van der Waals surface area contributed by atoms with E-state index in [4.69, 9.17) is 21.1 Å². The van der Waals surface area contributed by atoms with Gasteiger partial charge in [0.1, 0.15) is 0 Å². The lowest BCUT2D eigenvalue weighted by atomic mass is 9.79. The second kappa shape index (κ2) is 15.0. The molecule has 52 heavy (non-hydrogen) atoms. The zero-order chi connectivity index (χ0) is 36.8. The Bertz CT molecular complexity index is 2230. The summed E-state index contributed by atoms with van der Waals surface area (Å²) < 4.78 is 15.6. The first-order valence-electron chi connectivity index (χ1n) is 18.3. The molecule has 0 atom stereocenters. The molecule has 0 unspecified atom stereocenters. The van der Waals surface area contributed by atoms with Gasteiger partial charge < -0.3 is 14.4 Å². The molecule has 4 aromatic rings. The first kappa shape index (κ1) is 37.3. The van der Waals surface area contributed by atoms with Gasteiger partial charge in [-0.3, -0.25) is 0 Å². The minimum Gasteiger partial charge on any atom is -0.385 e. The number of halogens is 3. The fourth-order valence-corrected chi connectivity index (χ4v) is 9.78. The van der Waals surface area contributed by atoms with Crippen LogP contribution < -0.4 is 4.90 Å². The molecular weight excluding hydrogens is 796 g/mol. The molecule has 0 saturated carbocycles. The highest BCUT2D eigenvalue weighted by Crippen LogP contribution is 2.51. The molecule has 2 heterocycles. The van der Waals surface area contributed by atoms with Crippen LogP contribution in [0.1, 0.15) is 64.5 Å². The van der Waals surface area contributed by atoms with E-state index in [2.05, 4.69) is 154 Å². The van der Waals surface area contributed by atoms with Crippen LogP contribution in [0.5, 0.6) is 0 Å². The third-order valence-corrected chi connectivity index (χ3v) is 12.7. The first-order valence-corrected chi connectivity index (χ1v) is 20.3. The van der Waals surface area contributed by atoms with Crippen LogP contribution in [0.2, 0.25) is 0 Å². The number of ether oxygens (including phenoxy) is 2. The van der Waals surface area contributed by atoms with Crippen molar-refractivity contribution < 1.29 is 14.0 Å². The lowest BCUT2D eigenvalue weighted by Gasteiger charge is -2.27. The van der Waals surface area contributed by atoms with Gasteiger partial charge in [0.05, 0.1) is 12.0 Å². The van der Waals surface area contributed by atoms with Crippen molar-refractivity contribution in [2.45, 2.75) is 64.2 Å². The van der Waals surface area contributed by atoms with Gasteiger partial charge in [0.15, 0.2) is 12.3 Å². The Labute approximate surface area is 330 Å². The van der Waals surface area contributed by atoms with Crippen LogP contribution in [0.25, 0.3) is 21.5 Å². The molecule has 0 fully saturated rings. The number of nitrogens with zero attached hydrogens (tertiary/aromatic N) is 2. The molecule has 0 radical (unpaired) electrons. The largest absolute Gasteiger partial charge is 0.385 e. The molecule has 0 spiro atoms. The summed E-state index contributed by atoms with van der Waals surface area (Å²) in [5, 5.41) is 5.98. The molecule has 3 aliphatic rings. The molecular formula is C45H48Br2ClN2O2+. The molecule has 2 aliphatic heterocycles. The maximum Gasteiger partial charge on any atom is 0.210 e. The molecule has 0 aromatic heterocycles. The van der Waals surface area contributed by atoms with Crippen molar-refractivity contribution >= 4 is 82.1 Å². The number of anilines is 1. The second-order valence-electron chi connectivity index (χ2n) is 15.2. The van der Waals surface area contributed by atoms with Gasteiger partial charge in [0.2, 0.25) is 5.69 Å². The molecule has 4 nitrogen and oxygen atoms in total. The van der Waals surface area contributed by atoms with Gasteiger partial charge in [-0.1, -0.05) is 87.7 Å². The standard InChI is InChI=1S/C45H48Br2ClN2O2/c1-44(2)39(49(23-7-25-51-5)37-19-11-31-27-33(46)15-17-35(31)41(37)44)21-13-29-9-10-30(43(29)48)14-22-40-45(3,4)42-36-18-16-34(47)28-32(36)12-20-38(42)50(40)24-8-26-52-6/h11-22,27-28H,7-10,23-26H2,1-6H3/q+1. The number of fused-ring (bicyclic) bond motifs is 6. The number of benzene rings is 4. The van der Waals surface area contributed by atoms with Gasteiger partial charge in [-0.05, 0) is 114 Å². The molecule has 7 rings (SSSR count). The second-order valence-corrected chi connectivity index (χ2v) is 17.4. The summed E-state index contributed by atoms with van der Waals surface area (Å²) in [6, 6.07) is 22.3. The monoisotopic (exact) mass is 841 g/mol. The predicted octanol–water partition coefficient (Wildman–Crippen LogP) is 12.4. The Balaban J connectivity index is 1.24. The fraction of sp³-hybridized carbons (Fsp3) is 0.356. The van der Waals surface area contributed by atoms with Crippen LogP contribution in [0.3, 0.4) is 0 Å². The van der Waals surface area contributed by atoms with Crippen molar-refractivity contribution in [2.75, 3.05) is 45.4 Å². The zero-order valence-electron chi connectivity index (χ0n) is 31.1. The molecule has 0 saturated heterocycles. The van der Waals surface area contributed by atoms with Gasteiger partial charge >= 0.3 is 0 Å². The third kappa shape index (κ3) is 6.68. The maximum atomic E-state index is 7.25. The molecule has 7 heteroatoms. The van der Waals surface area contributed by atoms with E-state index in [1.165, 1.54) is 66.6 Å². The van der Waals surface area contributed by atoms with E-state index < -0.39 is 0 Å². The zero-order valence-corrected chi connectivity index (χ0v) is 35.0. The summed E-state index contributed by atoms with van der Waals surface area (Å²) in [5.74, 6) is 0. The van der Waals surface area contributed by atoms with Crippen molar-refractivity contribution in [1.82, 2.24) is 0 Å². The quantitative estimate of drug-likeness (QED) is 0.111. The SMILES string of the molecule is COCCCN1/C(=C/C=C2\CCC(/C=C/C3=[N+](CCCOC)c4ccc5cc(Br)ccc5c4C3(C)C)=C2Cl)C(C)(C)c2c1ccc1cc(Br)ccc21. The summed E-state index contributed by atoms with van der Waals surface area (Å²) in [6.07, 6.45) is 12.9. The molecule has 0 bridgehead atoms. The van der Waals surface area contributed by atoms with Crippen LogP contribution in [0, 0.1) is 0 Å².